The Labute approximate surface area is 122 Å². The van der Waals surface area contributed by atoms with Crippen LogP contribution < -0.4 is 10.1 Å². The van der Waals surface area contributed by atoms with Crippen LogP contribution in [0.5, 0.6) is 5.75 Å². The Morgan fingerprint density at radius 1 is 1.47 bits per heavy atom. The first kappa shape index (κ1) is 13.4. The minimum absolute atomic E-state index is 0.188. The van der Waals surface area contributed by atoms with Crippen molar-refractivity contribution in [2.24, 2.45) is 5.41 Å². The largest absolute Gasteiger partial charge is 0.492 e. The number of ether oxygens (including phenoxy) is 2. The van der Waals surface area contributed by atoms with Crippen LogP contribution in [0.4, 0.5) is 0 Å². The molecule has 2 aliphatic rings. The van der Waals surface area contributed by atoms with Gasteiger partial charge >= 0.3 is 0 Å². The molecular formula is C15H20BrNO2. The van der Waals surface area contributed by atoms with Crippen LogP contribution in [0.3, 0.4) is 0 Å². The topological polar surface area (TPSA) is 30.5 Å². The lowest BCUT2D eigenvalue weighted by Crippen LogP contribution is -2.44. The summed E-state index contributed by atoms with van der Waals surface area (Å²) < 4.78 is 12.2. The van der Waals surface area contributed by atoms with E-state index in [1.54, 1.807) is 0 Å². The van der Waals surface area contributed by atoms with Crippen molar-refractivity contribution in [2.75, 3.05) is 32.9 Å². The Kier molecular flexibility index (Phi) is 3.83. The molecule has 1 aromatic carbocycles. The van der Waals surface area contributed by atoms with Crippen LogP contribution in [0.1, 0.15) is 24.8 Å². The smallest absolute Gasteiger partial charge is 0.133 e. The van der Waals surface area contributed by atoms with Gasteiger partial charge < -0.3 is 14.8 Å². The summed E-state index contributed by atoms with van der Waals surface area (Å²) >= 11 is 3.63. The van der Waals surface area contributed by atoms with Gasteiger partial charge in [-0.3, -0.25) is 0 Å². The number of benzene rings is 1. The van der Waals surface area contributed by atoms with Gasteiger partial charge in [-0.25, -0.2) is 0 Å². The van der Waals surface area contributed by atoms with Gasteiger partial charge in [0, 0.05) is 12.0 Å². The molecule has 1 unspecified atom stereocenters. The average Bonchev–Trinajstić information content (AvgIpc) is 2.89. The van der Waals surface area contributed by atoms with E-state index in [9.17, 15) is 0 Å². The maximum Gasteiger partial charge on any atom is 0.133 e. The summed E-state index contributed by atoms with van der Waals surface area (Å²) in [7, 11) is 0. The SMILES string of the molecule is CC1(COc2ccc(C3CCNC3)cc2Br)COC1. The normalized spacial score (nSPS) is 25.1. The third kappa shape index (κ3) is 2.96. The molecule has 3 rings (SSSR count). The lowest BCUT2D eigenvalue weighted by atomic mass is 9.90. The Balaban J connectivity index is 1.65. The number of hydrogen-bond donors (Lipinski definition) is 1. The molecule has 1 aromatic rings. The quantitative estimate of drug-likeness (QED) is 0.923. The van der Waals surface area contributed by atoms with Crippen molar-refractivity contribution in [3.05, 3.63) is 28.2 Å². The Bertz CT molecular complexity index is 453. The van der Waals surface area contributed by atoms with E-state index in [0.717, 1.165) is 43.1 Å². The zero-order valence-corrected chi connectivity index (χ0v) is 12.8. The third-order valence-electron chi connectivity index (χ3n) is 3.96. The molecule has 0 amide bonds. The van der Waals surface area contributed by atoms with E-state index in [0.29, 0.717) is 5.92 Å². The van der Waals surface area contributed by atoms with Crippen molar-refractivity contribution in [1.82, 2.24) is 5.32 Å². The molecule has 2 aliphatic heterocycles. The van der Waals surface area contributed by atoms with Gasteiger partial charge in [0.25, 0.3) is 0 Å². The minimum atomic E-state index is 0.188. The lowest BCUT2D eigenvalue weighted by molar-refractivity contribution is -0.120. The fraction of sp³-hybridized carbons (Fsp3) is 0.600. The van der Waals surface area contributed by atoms with Crippen molar-refractivity contribution in [3.63, 3.8) is 0 Å². The maximum atomic E-state index is 5.92. The zero-order chi connectivity index (χ0) is 13.3. The van der Waals surface area contributed by atoms with Gasteiger partial charge in [0.05, 0.1) is 24.3 Å². The molecule has 19 heavy (non-hydrogen) atoms. The van der Waals surface area contributed by atoms with Gasteiger partial charge in [-0.1, -0.05) is 13.0 Å². The molecule has 3 nitrogen and oxygen atoms in total. The van der Waals surface area contributed by atoms with Gasteiger partial charge in [0.15, 0.2) is 0 Å². The van der Waals surface area contributed by atoms with E-state index in [1.807, 2.05) is 0 Å². The van der Waals surface area contributed by atoms with Crippen LogP contribution in [0.15, 0.2) is 22.7 Å². The average molecular weight is 326 g/mol. The molecule has 0 radical (unpaired) electrons. The Morgan fingerprint density at radius 3 is 2.89 bits per heavy atom. The Morgan fingerprint density at radius 2 is 2.32 bits per heavy atom. The molecule has 2 fully saturated rings. The van der Waals surface area contributed by atoms with E-state index < -0.39 is 0 Å². The van der Waals surface area contributed by atoms with Gasteiger partial charge in [-0.2, -0.15) is 0 Å². The van der Waals surface area contributed by atoms with Gasteiger partial charge in [-0.15, -0.1) is 0 Å². The van der Waals surface area contributed by atoms with E-state index in [2.05, 4.69) is 46.4 Å². The van der Waals surface area contributed by atoms with E-state index in [1.165, 1.54) is 12.0 Å². The second-order valence-electron chi connectivity index (χ2n) is 5.97. The van der Waals surface area contributed by atoms with E-state index >= 15 is 0 Å². The second-order valence-corrected chi connectivity index (χ2v) is 6.83. The number of nitrogens with one attached hydrogen (secondary N) is 1. The lowest BCUT2D eigenvalue weighted by Gasteiger charge is -2.37. The monoisotopic (exact) mass is 325 g/mol. The maximum absolute atomic E-state index is 5.92. The summed E-state index contributed by atoms with van der Waals surface area (Å²) in [5.74, 6) is 1.57. The number of rotatable bonds is 4. The van der Waals surface area contributed by atoms with E-state index in [4.69, 9.17) is 9.47 Å². The number of halogens is 1. The van der Waals surface area contributed by atoms with Crippen LogP contribution in [-0.2, 0) is 4.74 Å². The molecule has 104 valence electrons. The molecule has 0 aromatic heterocycles. The molecule has 1 N–H and O–H groups in total. The van der Waals surface area contributed by atoms with Crippen LogP contribution in [-0.4, -0.2) is 32.9 Å². The summed E-state index contributed by atoms with van der Waals surface area (Å²) in [6.45, 7) is 6.73. The highest BCUT2D eigenvalue weighted by Crippen LogP contribution is 2.33. The summed E-state index contributed by atoms with van der Waals surface area (Å²) in [4.78, 5) is 0. The third-order valence-corrected chi connectivity index (χ3v) is 4.58. The van der Waals surface area contributed by atoms with Crippen molar-refractivity contribution >= 4 is 15.9 Å². The van der Waals surface area contributed by atoms with Crippen LogP contribution >= 0.6 is 15.9 Å². The second kappa shape index (κ2) is 5.43. The molecule has 0 spiro atoms. The molecule has 0 saturated carbocycles. The molecule has 0 aliphatic carbocycles. The first-order valence-electron chi connectivity index (χ1n) is 6.87. The Hall–Kier alpha value is -0.580. The van der Waals surface area contributed by atoms with Crippen molar-refractivity contribution in [1.29, 1.82) is 0 Å². The van der Waals surface area contributed by atoms with Gasteiger partial charge in [0.1, 0.15) is 5.75 Å². The molecular weight excluding hydrogens is 306 g/mol. The van der Waals surface area contributed by atoms with Gasteiger partial charge in [-0.05, 0) is 52.5 Å². The first-order chi connectivity index (χ1) is 9.16. The fourth-order valence-electron chi connectivity index (χ4n) is 2.61. The fourth-order valence-corrected chi connectivity index (χ4v) is 3.12. The van der Waals surface area contributed by atoms with Crippen molar-refractivity contribution in [3.8, 4) is 5.75 Å². The van der Waals surface area contributed by atoms with Crippen LogP contribution in [0, 0.1) is 5.41 Å². The molecule has 4 heteroatoms. The van der Waals surface area contributed by atoms with Crippen LogP contribution in [0.2, 0.25) is 0 Å². The summed E-state index contributed by atoms with van der Waals surface area (Å²) in [5.41, 5.74) is 1.58. The molecule has 1 atom stereocenters. The van der Waals surface area contributed by atoms with Crippen molar-refractivity contribution < 1.29 is 9.47 Å². The summed E-state index contributed by atoms with van der Waals surface area (Å²) in [6.07, 6.45) is 1.22. The predicted molar refractivity (Wildman–Crippen MR) is 78.8 cm³/mol. The van der Waals surface area contributed by atoms with Crippen LogP contribution in [0.25, 0.3) is 0 Å². The standard InChI is InChI=1S/C15H20BrNO2/c1-15(8-18-9-15)10-19-14-3-2-11(6-13(14)16)12-4-5-17-7-12/h2-3,6,12,17H,4-5,7-10H2,1H3. The molecule has 2 heterocycles. The zero-order valence-electron chi connectivity index (χ0n) is 11.2. The highest BCUT2D eigenvalue weighted by Gasteiger charge is 2.34. The predicted octanol–water partition coefficient (Wildman–Crippen LogP) is 2.94. The van der Waals surface area contributed by atoms with Crippen molar-refractivity contribution in [2.45, 2.75) is 19.3 Å². The minimum Gasteiger partial charge on any atom is -0.492 e. The highest BCUT2D eigenvalue weighted by molar-refractivity contribution is 9.10. The summed E-state index contributed by atoms with van der Waals surface area (Å²) in [6, 6.07) is 6.48. The van der Waals surface area contributed by atoms with E-state index in [-0.39, 0.29) is 5.41 Å². The van der Waals surface area contributed by atoms with Gasteiger partial charge in [0.2, 0.25) is 0 Å². The highest BCUT2D eigenvalue weighted by atomic mass is 79.9. The molecule has 0 bridgehead atoms. The number of hydrogen-bond acceptors (Lipinski definition) is 3. The molecule has 2 saturated heterocycles. The first-order valence-corrected chi connectivity index (χ1v) is 7.66. The summed E-state index contributed by atoms with van der Waals surface area (Å²) in [5, 5.41) is 3.40.